The van der Waals surface area contributed by atoms with Crippen molar-refractivity contribution in [3.05, 3.63) is 17.2 Å². The largest absolute Gasteiger partial charge is 0.375 e. The predicted molar refractivity (Wildman–Crippen MR) is 79.7 cm³/mol. The molecule has 0 amide bonds. The molecule has 2 rings (SSSR count). The van der Waals surface area contributed by atoms with Crippen LogP contribution < -0.4 is 5.73 Å². The van der Waals surface area contributed by atoms with E-state index in [9.17, 15) is 0 Å². The minimum atomic E-state index is 0.233. The van der Waals surface area contributed by atoms with E-state index in [0.717, 1.165) is 5.69 Å². The van der Waals surface area contributed by atoms with Gasteiger partial charge in [-0.25, -0.2) is 4.98 Å². The molecule has 0 aliphatic carbocycles. The highest BCUT2D eigenvalue weighted by Crippen LogP contribution is 2.26. The second kappa shape index (κ2) is 5.41. The normalized spacial score (nSPS) is 22.7. The number of aromatic nitrogens is 1. The number of nitrogens with zero attached hydrogens (tertiary/aromatic N) is 2. The molecule has 0 radical (unpaired) electrons. The lowest BCUT2D eigenvalue weighted by Crippen LogP contribution is -2.49. The highest BCUT2D eigenvalue weighted by molar-refractivity contribution is 7.13. The SMILES string of the molecule is CC(C)(C)N1CCCCC1/C=C/c1csc(N)n1. The Morgan fingerprint density at radius 2 is 2.22 bits per heavy atom. The van der Waals surface area contributed by atoms with Crippen molar-refractivity contribution in [2.75, 3.05) is 12.3 Å². The molecular weight excluding hydrogens is 242 g/mol. The molecule has 18 heavy (non-hydrogen) atoms. The van der Waals surface area contributed by atoms with Gasteiger partial charge >= 0.3 is 0 Å². The zero-order chi connectivity index (χ0) is 13.2. The molecule has 1 aliphatic rings. The topological polar surface area (TPSA) is 42.1 Å². The summed E-state index contributed by atoms with van der Waals surface area (Å²) in [6.07, 6.45) is 8.28. The number of nitrogen functional groups attached to an aromatic ring is 1. The van der Waals surface area contributed by atoms with E-state index in [1.165, 1.54) is 37.1 Å². The molecule has 1 saturated heterocycles. The molecule has 1 aromatic heterocycles. The van der Waals surface area contributed by atoms with Crippen molar-refractivity contribution in [2.45, 2.75) is 51.6 Å². The molecule has 1 aliphatic heterocycles. The van der Waals surface area contributed by atoms with Crippen LogP contribution in [0.5, 0.6) is 0 Å². The number of hydrogen-bond acceptors (Lipinski definition) is 4. The summed E-state index contributed by atoms with van der Waals surface area (Å²) < 4.78 is 0. The monoisotopic (exact) mass is 265 g/mol. The van der Waals surface area contributed by atoms with E-state index in [1.54, 1.807) is 0 Å². The first-order valence-electron chi connectivity index (χ1n) is 6.63. The molecule has 1 atom stereocenters. The smallest absolute Gasteiger partial charge is 0.180 e. The summed E-state index contributed by atoms with van der Waals surface area (Å²) in [5, 5.41) is 2.65. The summed E-state index contributed by atoms with van der Waals surface area (Å²) in [4.78, 5) is 6.86. The molecule has 1 unspecified atom stereocenters. The van der Waals surface area contributed by atoms with E-state index in [4.69, 9.17) is 5.73 Å². The Balaban J connectivity index is 2.08. The van der Waals surface area contributed by atoms with Gasteiger partial charge in [0.05, 0.1) is 5.69 Å². The van der Waals surface area contributed by atoms with Crippen LogP contribution >= 0.6 is 11.3 Å². The Morgan fingerprint density at radius 3 is 2.83 bits per heavy atom. The van der Waals surface area contributed by atoms with Crippen LogP contribution in [0.1, 0.15) is 45.7 Å². The second-order valence-electron chi connectivity index (χ2n) is 5.90. The van der Waals surface area contributed by atoms with E-state index < -0.39 is 0 Å². The lowest BCUT2D eigenvalue weighted by molar-refractivity contribution is 0.0750. The summed E-state index contributed by atoms with van der Waals surface area (Å²) in [5.41, 5.74) is 6.86. The number of nitrogens with two attached hydrogens (primary N) is 1. The number of likely N-dealkylation sites (tertiary alicyclic amines) is 1. The molecule has 1 aromatic rings. The highest BCUT2D eigenvalue weighted by atomic mass is 32.1. The fourth-order valence-electron chi connectivity index (χ4n) is 2.58. The van der Waals surface area contributed by atoms with Gasteiger partial charge in [0, 0.05) is 17.0 Å². The van der Waals surface area contributed by atoms with Gasteiger partial charge in [0.25, 0.3) is 0 Å². The van der Waals surface area contributed by atoms with Gasteiger partial charge in [0.15, 0.2) is 5.13 Å². The first-order chi connectivity index (χ1) is 8.47. The Bertz CT molecular complexity index is 417. The zero-order valence-electron chi connectivity index (χ0n) is 11.5. The van der Waals surface area contributed by atoms with Gasteiger partial charge in [0.2, 0.25) is 0 Å². The van der Waals surface area contributed by atoms with Gasteiger partial charge < -0.3 is 5.73 Å². The molecule has 0 saturated carbocycles. The van der Waals surface area contributed by atoms with E-state index in [0.29, 0.717) is 11.2 Å². The van der Waals surface area contributed by atoms with Crippen molar-refractivity contribution in [3.8, 4) is 0 Å². The number of piperidine rings is 1. The van der Waals surface area contributed by atoms with E-state index in [1.807, 2.05) is 5.38 Å². The maximum atomic E-state index is 5.65. The third-order valence-corrected chi connectivity index (χ3v) is 4.13. The van der Waals surface area contributed by atoms with Crippen LogP contribution in [-0.2, 0) is 0 Å². The summed E-state index contributed by atoms with van der Waals surface area (Å²) in [6.45, 7) is 8.07. The fourth-order valence-corrected chi connectivity index (χ4v) is 3.11. The maximum absolute atomic E-state index is 5.65. The van der Waals surface area contributed by atoms with Crippen LogP contribution in [0, 0.1) is 0 Å². The van der Waals surface area contributed by atoms with Crippen molar-refractivity contribution in [1.82, 2.24) is 9.88 Å². The van der Waals surface area contributed by atoms with Gasteiger partial charge in [-0.05, 0) is 46.2 Å². The van der Waals surface area contributed by atoms with Crippen molar-refractivity contribution < 1.29 is 0 Å². The molecule has 100 valence electrons. The standard InChI is InChI=1S/C14H23N3S/c1-14(2,3)17-9-5-4-6-12(17)8-7-11-10-18-13(15)16-11/h7-8,10,12H,4-6,9H2,1-3H3,(H2,15,16)/b8-7+. The third kappa shape index (κ3) is 3.33. The van der Waals surface area contributed by atoms with Gasteiger partial charge in [-0.3, -0.25) is 4.90 Å². The van der Waals surface area contributed by atoms with Crippen LogP contribution in [0.2, 0.25) is 0 Å². The summed E-state index contributed by atoms with van der Waals surface area (Å²) >= 11 is 1.50. The molecular formula is C14H23N3S. The van der Waals surface area contributed by atoms with Gasteiger partial charge in [-0.2, -0.15) is 0 Å². The molecule has 1 fully saturated rings. The number of anilines is 1. The van der Waals surface area contributed by atoms with Crippen LogP contribution in [0.25, 0.3) is 6.08 Å². The molecule has 2 N–H and O–H groups in total. The van der Waals surface area contributed by atoms with Crippen molar-refractivity contribution in [2.24, 2.45) is 0 Å². The van der Waals surface area contributed by atoms with Gasteiger partial charge in [-0.1, -0.05) is 12.5 Å². The van der Waals surface area contributed by atoms with Crippen molar-refractivity contribution >= 4 is 22.5 Å². The maximum Gasteiger partial charge on any atom is 0.180 e. The van der Waals surface area contributed by atoms with E-state index in [2.05, 4.69) is 42.8 Å². The van der Waals surface area contributed by atoms with E-state index >= 15 is 0 Å². The third-order valence-electron chi connectivity index (χ3n) is 3.44. The fraction of sp³-hybridized carbons (Fsp3) is 0.643. The number of rotatable bonds is 2. The van der Waals surface area contributed by atoms with Gasteiger partial charge in [-0.15, -0.1) is 11.3 Å². The lowest BCUT2D eigenvalue weighted by Gasteiger charge is -2.43. The lowest BCUT2D eigenvalue weighted by atomic mass is 9.94. The Hall–Kier alpha value is -0.870. The second-order valence-corrected chi connectivity index (χ2v) is 6.79. The Labute approximate surface area is 114 Å². The Kier molecular flexibility index (Phi) is 4.07. The highest BCUT2D eigenvalue weighted by Gasteiger charge is 2.29. The summed E-state index contributed by atoms with van der Waals surface area (Å²) in [5.74, 6) is 0. The predicted octanol–water partition coefficient (Wildman–Crippen LogP) is 3.39. The molecule has 4 heteroatoms. The molecule has 0 spiro atoms. The molecule has 3 nitrogen and oxygen atoms in total. The van der Waals surface area contributed by atoms with E-state index in [-0.39, 0.29) is 5.54 Å². The van der Waals surface area contributed by atoms with Crippen LogP contribution in [0.4, 0.5) is 5.13 Å². The van der Waals surface area contributed by atoms with Crippen LogP contribution in [0.15, 0.2) is 11.5 Å². The van der Waals surface area contributed by atoms with Crippen molar-refractivity contribution in [1.29, 1.82) is 0 Å². The quantitative estimate of drug-likeness (QED) is 0.891. The zero-order valence-corrected chi connectivity index (χ0v) is 12.3. The first kappa shape index (κ1) is 13.6. The minimum absolute atomic E-state index is 0.233. The first-order valence-corrected chi connectivity index (χ1v) is 7.51. The average Bonchev–Trinajstić information content (AvgIpc) is 2.72. The number of hydrogen-bond donors (Lipinski definition) is 1. The summed E-state index contributed by atoms with van der Waals surface area (Å²) in [7, 11) is 0. The van der Waals surface area contributed by atoms with Crippen molar-refractivity contribution in [3.63, 3.8) is 0 Å². The number of thiazole rings is 1. The average molecular weight is 265 g/mol. The van der Waals surface area contributed by atoms with Crippen LogP contribution in [-0.4, -0.2) is 28.0 Å². The molecule has 0 aromatic carbocycles. The van der Waals surface area contributed by atoms with Crippen LogP contribution in [0.3, 0.4) is 0 Å². The van der Waals surface area contributed by atoms with Gasteiger partial charge in [0.1, 0.15) is 0 Å². The molecule has 2 heterocycles. The molecule has 0 bridgehead atoms. The Morgan fingerprint density at radius 1 is 1.44 bits per heavy atom. The summed E-state index contributed by atoms with van der Waals surface area (Å²) in [6, 6.07) is 0.529. The minimum Gasteiger partial charge on any atom is -0.375 e.